The standard InChI is InChI=1S/C13H10O8S/c1-6-2-4-7(5-3-6)22(19,20)21-13-11(17)9(15)8(14)10(16)12(13)18/h2-5,8,13-14H,1H3. The van der Waals surface area contributed by atoms with Gasteiger partial charge in [0.1, 0.15) is 0 Å². The average Bonchev–Trinajstić information content (AvgIpc) is 2.48. The van der Waals surface area contributed by atoms with Gasteiger partial charge in [0.2, 0.25) is 29.2 Å². The lowest BCUT2D eigenvalue weighted by molar-refractivity contribution is -0.160. The van der Waals surface area contributed by atoms with E-state index < -0.39 is 45.5 Å². The zero-order valence-corrected chi connectivity index (χ0v) is 12.0. The molecule has 0 amide bonds. The van der Waals surface area contributed by atoms with Crippen molar-refractivity contribution >= 4 is 33.3 Å². The third kappa shape index (κ3) is 2.73. The van der Waals surface area contributed by atoms with E-state index in [0.717, 1.165) is 5.56 Å². The summed E-state index contributed by atoms with van der Waals surface area (Å²) in [6.07, 6.45) is -4.79. The monoisotopic (exact) mass is 326 g/mol. The lowest BCUT2D eigenvalue weighted by Crippen LogP contribution is -2.56. The molecule has 1 aromatic rings. The fourth-order valence-electron chi connectivity index (χ4n) is 1.74. The molecule has 1 aliphatic rings. The Morgan fingerprint density at radius 2 is 1.36 bits per heavy atom. The van der Waals surface area contributed by atoms with Gasteiger partial charge in [-0.15, -0.1) is 0 Å². The molecule has 1 aromatic carbocycles. The van der Waals surface area contributed by atoms with E-state index in [1.165, 1.54) is 24.3 Å². The first-order valence-electron chi connectivity index (χ1n) is 5.99. The highest BCUT2D eigenvalue weighted by atomic mass is 32.2. The molecular formula is C13H10O8S. The molecule has 0 aliphatic heterocycles. The predicted molar refractivity (Wildman–Crippen MR) is 69.3 cm³/mol. The van der Waals surface area contributed by atoms with Gasteiger partial charge in [0.15, 0.2) is 6.10 Å². The van der Waals surface area contributed by atoms with Crippen molar-refractivity contribution in [2.75, 3.05) is 0 Å². The van der Waals surface area contributed by atoms with E-state index in [1.54, 1.807) is 6.92 Å². The first kappa shape index (κ1) is 16.1. The largest absolute Gasteiger partial charge is 0.377 e. The van der Waals surface area contributed by atoms with Crippen LogP contribution in [0, 0.1) is 6.92 Å². The van der Waals surface area contributed by atoms with E-state index in [2.05, 4.69) is 4.18 Å². The molecule has 1 saturated carbocycles. The fourth-order valence-corrected chi connectivity index (χ4v) is 2.75. The van der Waals surface area contributed by atoms with E-state index in [1.807, 2.05) is 0 Å². The van der Waals surface area contributed by atoms with Crippen molar-refractivity contribution in [1.29, 1.82) is 0 Å². The van der Waals surface area contributed by atoms with Gasteiger partial charge in [-0.3, -0.25) is 19.2 Å². The lowest BCUT2D eigenvalue weighted by Gasteiger charge is -2.20. The van der Waals surface area contributed by atoms with Crippen LogP contribution in [0.3, 0.4) is 0 Å². The zero-order valence-electron chi connectivity index (χ0n) is 11.2. The molecule has 0 spiro atoms. The maximum Gasteiger partial charge on any atom is 0.298 e. The Morgan fingerprint density at radius 1 is 0.909 bits per heavy atom. The smallest absolute Gasteiger partial charge is 0.298 e. The molecule has 8 nitrogen and oxygen atoms in total. The van der Waals surface area contributed by atoms with E-state index in [9.17, 15) is 27.6 Å². The van der Waals surface area contributed by atoms with Crippen molar-refractivity contribution < 1.29 is 36.9 Å². The molecule has 2 rings (SSSR count). The highest BCUT2D eigenvalue weighted by Crippen LogP contribution is 2.19. The molecule has 0 radical (unpaired) electrons. The maximum absolute atomic E-state index is 12.0. The highest BCUT2D eigenvalue weighted by Gasteiger charge is 2.50. The van der Waals surface area contributed by atoms with E-state index in [0.29, 0.717) is 0 Å². The molecule has 0 atom stereocenters. The normalized spacial score (nSPS) is 23.0. The minimum Gasteiger partial charge on any atom is -0.377 e. The highest BCUT2D eigenvalue weighted by molar-refractivity contribution is 7.86. The van der Waals surface area contributed by atoms with Crippen LogP contribution in [0.25, 0.3) is 0 Å². The quantitative estimate of drug-likeness (QED) is 0.413. The Balaban J connectivity index is 2.34. The Bertz CT molecular complexity index is 747. The number of benzene rings is 1. The summed E-state index contributed by atoms with van der Waals surface area (Å²) in [6.45, 7) is 1.71. The molecule has 0 heterocycles. The molecule has 0 saturated heterocycles. The summed E-state index contributed by atoms with van der Waals surface area (Å²) in [6, 6.07) is 5.28. The molecule has 9 heteroatoms. The molecule has 116 valence electrons. The summed E-state index contributed by atoms with van der Waals surface area (Å²) < 4.78 is 28.4. The summed E-state index contributed by atoms with van der Waals surface area (Å²) in [4.78, 5) is 45.4. The van der Waals surface area contributed by atoms with Crippen LogP contribution in [-0.4, -0.2) is 48.9 Å². The first-order chi connectivity index (χ1) is 10.1. The number of carbonyl (C=O) groups is 4. The molecule has 0 aromatic heterocycles. The number of hydrogen-bond acceptors (Lipinski definition) is 8. The van der Waals surface area contributed by atoms with Crippen LogP contribution in [0.1, 0.15) is 5.56 Å². The van der Waals surface area contributed by atoms with Crippen LogP contribution in [0.2, 0.25) is 0 Å². The predicted octanol–water partition coefficient (Wildman–Crippen LogP) is -1.28. The Kier molecular flexibility index (Phi) is 4.05. The average molecular weight is 326 g/mol. The van der Waals surface area contributed by atoms with Gasteiger partial charge >= 0.3 is 0 Å². The van der Waals surface area contributed by atoms with Crippen LogP contribution < -0.4 is 0 Å². The minimum atomic E-state index is -4.53. The van der Waals surface area contributed by atoms with Gasteiger partial charge in [-0.05, 0) is 19.1 Å². The molecule has 1 aliphatic carbocycles. The summed E-state index contributed by atoms with van der Waals surface area (Å²) in [5.74, 6) is -6.30. The second kappa shape index (κ2) is 5.52. The van der Waals surface area contributed by atoms with E-state index in [-0.39, 0.29) is 4.90 Å². The number of rotatable bonds is 3. The fraction of sp³-hybridized carbons (Fsp3) is 0.231. The Morgan fingerprint density at radius 3 is 1.82 bits per heavy atom. The van der Waals surface area contributed by atoms with Gasteiger partial charge in [-0.1, -0.05) is 17.7 Å². The lowest BCUT2D eigenvalue weighted by atomic mass is 9.90. The van der Waals surface area contributed by atoms with Crippen molar-refractivity contribution in [2.45, 2.75) is 24.0 Å². The molecule has 1 fully saturated rings. The minimum absolute atomic E-state index is 0.343. The summed E-state index contributed by atoms with van der Waals surface area (Å²) in [5, 5.41) is 9.10. The number of carbonyl (C=O) groups excluding carboxylic acids is 4. The van der Waals surface area contributed by atoms with Crippen LogP contribution in [0.4, 0.5) is 0 Å². The number of hydrogen-bond donors (Lipinski definition) is 1. The van der Waals surface area contributed by atoms with Crippen molar-refractivity contribution in [3.8, 4) is 0 Å². The maximum atomic E-state index is 12.0. The van der Waals surface area contributed by atoms with Crippen molar-refractivity contribution in [3.05, 3.63) is 29.8 Å². The second-order valence-corrected chi connectivity index (χ2v) is 6.18. The van der Waals surface area contributed by atoms with Crippen LogP contribution >= 0.6 is 0 Å². The van der Waals surface area contributed by atoms with E-state index in [4.69, 9.17) is 5.11 Å². The van der Waals surface area contributed by atoms with Crippen LogP contribution in [0.15, 0.2) is 29.2 Å². The molecule has 0 unspecified atom stereocenters. The number of aliphatic hydroxyl groups is 1. The van der Waals surface area contributed by atoms with Gasteiger partial charge in [0, 0.05) is 0 Å². The van der Waals surface area contributed by atoms with Crippen molar-refractivity contribution in [3.63, 3.8) is 0 Å². The summed E-state index contributed by atoms with van der Waals surface area (Å²) in [7, 11) is -4.53. The molecule has 0 bridgehead atoms. The topological polar surface area (TPSA) is 132 Å². The van der Waals surface area contributed by atoms with Gasteiger partial charge in [0.05, 0.1) is 4.90 Å². The van der Waals surface area contributed by atoms with Crippen molar-refractivity contribution in [2.24, 2.45) is 0 Å². The third-order valence-corrected chi connectivity index (χ3v) is 4.29. The zero-order chi connectivity index (χ0) is 16.7. The van der Waals surface area contributed by atoms with Gasteiger partial charge in [0.25, 0.3) is 10.1 Å². The number of Topliss-reactive ketones (excluding diaryl/α,β-unsaturated/α-hetero) is 4. The second-order valence-electron chi connectivity index (χ2n) is 4.60. The number of ketones is 4. The van der Waals surface area contributed by atoms with Gasteiger partial charge in [-0.2, -0.15) is 8.42 Å². The Hall–Kier alpha value is -2.23. The van der Waals surface area contributed by atoms with E-state index >= 15 is 0 Å². The third-order valence-electron chi connectivity index (χ3n) is 2.99. The van der Waals surface area contributed by atoms with Crippen LogP contribution in [-0.2, 0) is 33.5 Å². The molecular weight excluding hydrogens is 316 g/mol. The SMILES string of the molecule is Cc1ccc(S(=O)(=O)OC2C(=O)C(=O)C(O)C(=O)C2=O)cc1. The van der Waals surface area contributed by atoms with Crippen molar-refractivity contribution in [1.82, 2.24) is 0 Å². The number of aliphatic hydroxyl groups excluding tert-OH is 1. The summed E-state index contributed by atoms with van der Waals surface area (Å²) >= 11 is 0. The first-order valence-corrected chi connectivity index (χ1v) is 7.40. The van der Waals surface area contributed by atoms with Gasteiger partial charge in [-0.25, -0.2) is 4.18 Å². The Labute approximate surface area is 124 Å². The summed E-state index contributed by atoms with van der Waals surface area (Å²) in [5.41, 5.74) is 0.761. The number of aryl methyl sites for hydroxylation is 1. The van der Waals surface area contributed by atoms with Crippen LogP contribution in [0.5, 0.6) is 0 Å². The molecule has 22 heavy (non-hydrogen) atoms. The molecule has 1 N–H and O–H groups in total. The van der Waals surface area contributed by atoms with Gasteiger partial charge < -0.3 is 5.11 Å².